The number of hydrogen-bond donors (Lipinski definition) is 1. The van der Waals surface area contributed by atoms with Crippen LogP contribution >= 0.6 is 11.3 Å². The van der Waals surface area contributed by atoms with Crippen LogP contribution in [0.15, 0.2) is 18.2 Å². The first-order valence-corrected chi connectivity index (χ1v) is 8.15. The zero-order chi connectivity index (χ0) is 13.8. The van der Waals surface area contributed by atoms with Gasteiger partial charge in [0, 0.05) is 16.1 Å². The molecule has 0 aliphatic heterocycles. The monoisotopic (exact) mass is 275 g/mol. The quantitative estimate of drug-likeness (QED) is 0.739. The molecule has 0 bridgehead atoms. The molecule has 0 saturated heterocycles. The molecule has 0 aliphatic carbocycles. The van der Waals surface area contributed by atoms with E-state index < -0.39 is 0 Å². The Morgan fingerprint density at radius 2 is 2.05 bits per heavy atom. The lowest BCUT2D eigenvalue weighted by Gasteiger charge is -2.08. The number of thiophene rings is 1. The van der Waals surface area contributed by atoms with Crippen LogP contribution in [0.25, 0.3) is 10.1 Å². The topological polar surface area (TPSA) is 12.0 Å². The molecule has 0 atom stereocenters. The lowest BCUT2D eigenvalue weighted by Crippen LogP contribution is -2.14. The average Bonchev–Trinajstić information content (AvgIpc) is 2.67. The van der Waals surface area contributed by atoms with E-state index in [4.69, 9.17) is 0 Å². The maximum atomic E-state index is 3.55. The lowest BCUT2D eigenvalue weighted by atomic mass is 9.99. The molecule has 1 heterocycles. The minimum absolute atomic E-state index is 0.711. The van der Waals surface area contributed by atoms with Crippen molar-refractivity contribution in [1.29, 1.82) is 0 Å². The van der Waals surface area contributed by atoms with Crippen molar-refractivity contribution >= 4 is 21.4 Å². The summed E-state index contributed by atoms with van der Waals surface area (Å²) in [4.78, 5) is 1.53. The van der Waals surface area contributed by atoms with Crippen molar-refractivity contribution in [2.45, 2.75) is 47.1 Å². The van der Waals surface area contributed by atoms with Gasteiger partial charge < -0.3 is 5.32 Å². The Balaban J connectivity index is 2.37. The molecule has 0 spiro atoms. The van der Waals surface area contributed by atoms with Gasteiger partial charge in [-0.05, 0) is 49.2 Å². The first-order valence-electron chi connectivity index (χ1n) is 7.33. The first-order chi connectivity index (χ1) is 9.11. The number of hydrogen-bond acceptors (Lipinski definition) is 2. The van der Waals surface area contributed by atoms with E-state index in [-0.39, 0.29) is 0 Å². The third kappa shape index (κ3) is 3.58. The molecule has 0 unspecified atom stereocenters. The van der Waals surface area contributed by atoms with E-state index in [9.17, 15) is 0 Å². The number of fused-ring (bicyclic) bond motifs is 1. The Bertz CT molecular complexity index is 539. The van der Waals surface area contributed by atoms with Crippen molar-refractivity contribution in [2.24, 2.45) is 5.92 Å². The van der Waals surface area contributed by atoms with Crippen LogP contribution in [0.1, 0.15) is 43.2 Å². The van der Waals surface area contributed by atoms with Gasteiger partial charge in [0.2, 0.25) is 0 Å². The molecule has 2 heteroatoms. The van der Waals surface area contributed by atoms with Gasteiger partial charge in [-0.2, -0.15) is 0 Å². The van der Waals surface area contributed by atoms with Gasteiger partial charge in [-0.25, -0.2) is 0 Å². The van der Waals surface area contributed by atoms with Crippen LogP contribution < -0.4 is 5.32 Å². The fraction of sp³-hybridized carbons (Fsp3) is 0.529. The zero-order valence-corrected chi connectivity index (χ0v) is 13.4. The average molecular weight is 275 g/mol. The van der Waals surface area contributed by atoms with E-state index in [1.54, 1.807) is 5.56 Å². The summed E-state index contributed by atoms with van der Waals surface area (Å²) in [6, 6.07) is 6.86. The Hall–Kier alpha value is -0.860. The SMILES string of the molecule is CCCNCc1sc2ccc(C)cc2c1CC(C)C. The predicted octanol–water partition coefficient (Wildman–Crippen LogP) is 4.91. The van der Waals surface area contributed by atoms with Crippen molar-refractivity contribution in [1.82, 2.24) is 5.32 Å². The summed E-state index contributed by atoms with van der Waals surface area (Å²) in [5, 5.41) is 5.03. The Morgan fingerprint density at radius 3 is 2.74 bits per heavy atom. The number of benzene rings is 1. The minimum Gasteiger partial charge on any atom is -0.312 e. The maximum absolute atomic E-state index is 3.55. The van der Waals surface area contributed by atoms with Gasteiger partial charge in [0.05, 0.1) is 0 Å². The zero-order valence-electron chi connectivity index (χ0n) is 12.5. The Labute approximate surface area is 121 Å². The highest BCUT2D eigenvalue weighted by Gasteiger charge is 2.13. The van der Waals surface area contributed by atoms with Crippen LogP contribution in [0.4, 0.5) is 0 Å². The summed E-state index contributed by atoms with van der Waals surface area (Å²) >= 11 is 1.96. The van der Waals surface area contributed by atoms with Gasteiger partial charge in [-0.15, -0.1) is 11.3 Å². The molecule has 1 N–H and O–H groups in total. The van der Waals surface area contributed by atoms with Crippen molar-refractivity contribution in [2.75, 3.05) is 6.54 Å². The maximum Gasteiger partial charge on any atom is 0.0349 e. The lowest BCUT2D eigenvalue weighted by molar-refractivity contribution is 0.636. The number of rotatable bonds is 6. The summed E-state index contributed by atoms with van der Waals surface area (Å²) < 4.78 is 1.44. The molecule has 1 aromatic heterocycles. The van der Waals surface area contributed by atoms with Gasteiger partial charge in [0.1, 0.15) is 0 Å². The van der Waals surface area contributed by atoms with Gasteiger partial charge >= 0.3 is 0 Å². The fourth-order valence-corrected chi connectivity index (χ4v) is 3.65. The van der Waals surface area contributed by atoms with E-state index in [1.807, 2.05) is 11.3 Å². The van der Waals surface area contributed by atoms with E-state index in [2.05, 4.69) is 51.2 Å². The van der Waals surface area contributed by atoms with E-state index in [0.29, 0.717) is 5.92 Å². The van der Waals surface area contributed by atoms with Crippen LogP contribution in [-0.2, 0) is 13.0 Å². The molecule has 104 valence electrons. The second-order valence-electron chi connectivity index (χ2n) is 5.78. The molecule has 0 amide bonds. The standard InChI is InChI=1S/C17H25NS/c1-5-8-18-11-17-14(9-12(2)3)15-10-13(4)6-7-16(15)19-17/h6-7,10,12,18H,5,8-9,11H2,1-4H3. The Morgan fingerprint density at radius 1 is 1.26 bits per heavy atom. The minimum atomic E-state index is 0.711. The summed E-state index contributed by atoms with van der Waals surface area (Å²) in [5.41, 5.74) is 2.94. The van der Waals surface area contributed by atoms with E-state index in [1.165, 1.54) is 33.4 Å². The molecule has 0 aliphatic rings. The first kappa shape index (κ1) is 14.5. The molecule has 0 fully saturated rings. The molecule has 0 saturated carbocycles. The van der Waals surface area contributed by atoms with Crippen LogP contribution in [0.5, 0.6) is 0 Å². The molecular formula is C17H25NS. The molecule has 2 rings (SSSR count). The normalized spacial score (nSPS) is 11.6. The molecular weight excluding hydrogens is 250 g/mol. The number of aryl methyl sites for hydroxylation is 1. The van der Waals surface area contributed by atoms with Crippen LogP contribution in [0.2, 0.25) is 0 Å². The van der Waals surface area contributed by atoms with Gasteiger partial charge in [-0.3, -0.25) is 0 Å². The summed E-state index contributed by atoms with van der Waals surface area (Å²) in [5.74, 6) is 0.711. The highest BCUT2D eigenvalue weighted by atomic mass is 32.1. The van der Waals surface area contributed by atoms with Gasteiger partial charge in [0.15, 0.2) is 0 Å². The van der Waals surface area contributed by atoms with Crippen LogP contribution in [0, 0.1) is 12.8 Å². The molecule has 0 radical (unpaired) electrons. The van der Waals surface area contributed by atoms with Crippen molar-refractivity contribution in [3.8, 4) is 0 Å². The predicted molar refractivity (Wildman–Crippen MR) is 87.1 cm³/mol. The third-order valence-electron chi connectivity index (χ3n) is 3.35. The number of nitrogens with one attached hydrogen (secondary N) is 1. The van der Waals surface area contributed by atoms with Crippen molar-refractivity contribution < 1.29 is 0 Å². The second-order valence-corrected chi connectivity index (χ2v) is 6.91. The third-order valence-corrected chi connectivity index (χ3v) is 4.57. The fourth-order valence-electron chi connectivity index (χ4n) is 2.47. The van der Waals surface area contributed by atoms with Crippen LogP contribution in [0.3, 0.4) is 0 Å². The van der Waals surface area contributed by atoms with Crippen molar-refractivity contribution in [3.05, 3.63) is 34.2 Å². The van der Waals surface area contributed by atoms with Crippen molar-refractivity contribution in [3.63, 3.8) is 0 Å². The Kier molecular flexibility index (Phi) is 5.00. The van der Waals surface area contributed by atoms with Gasteiger partial charge in [0.25, 0.3) is 0 Å². The highest BCUT2D eigenvalue weighted by molar-refractivity contribution is 7.19. The van der Waals surface area contributed by atoms with E-state index in [0.717, 1.165) is 13.1 Å². The molecule has 2 aromatic rings. The molecule has 19 heavy (non-hydrogen) atoms. The molecule has 1 aromatic carbocycles. The smallest absolute Gasteiger partial charge is 0.0349 e. The summed E-state index contributed by atoms with van der Waals surface area (Å²) in [6.45, 7) is 11.1. The summed E-state index contributed by atoms with van der Waals surface area (Å²) in [6.07, 6.45) is 2.39. The molecule has 1 nitrogen and oxygen atoms in total. The van der Waals surface area contributed by atoms with Gasteiger partial charge in [-0.1, -0.05) is 38.5 Å². The van der Waals surface area contributed by atoms with E-state index >= 15 is 0 Å². The van der Waals surface area contributed by atoms with Crippen LogP contribution in [-0.4, -0.2) is 6.54 Å². The second kappa shape index (κ2) is 6.53. The summed E-state index contributed by atoms with van der Waals surface area (Å²) in [7, 11) is 0. The largest absolute Gasteiger partial charge is 0.312 e. The highest BCUT2D eigenvalue weighted by Crippen LogP contribution is 2.33.